The van der Waals surface area contributed by atoms with E-state index in [1.54, 1.807) is 91.3 Å². The number of para-hydroxylation sites is 2. The number of aliphatic hydroxyl groups is 1. The summed E-state index contributed by atoms with van der Waals surface area (Å²) < 4.78 is 0. The van der Waals surface area contributed by atoms with E-state index >= 15 is 0 Å². The molecule has 2 aromatic heterocycles. The quantitative estimate of drug-likeness (QED) is 0.0274. The minimum Gasteiger partial charge on any atom is -0.508 e. The third-order valence-electron chi connectivity index (χ3n) is 13.1. The van der Waals surface area contributed by atoms with Crippen LogP contribution in [-0.4, -0.2) is 144 Å². The van der Waals surface area contributed by atoms with Crippen LogP contribution in [0.4, 0.5) is 0 Å². The van der Waals surface area contributed by atoms with E-state index < -0.39 is 121 Å². The zero-order chi connectivity index (χ0) is 58.0. The van der Waals surface area contributed by atoms with Gasteiger partial charge in [-0.25, -0.2) is 4.79 Å². The monoisotopic (exact) mass is 1140 g/mol. The molecular formula is C55H65N11O12S2. The molecule has 9 atom stereocenters. The summed E-state index contributed by atoms with van der Waals surface area (Å²) in [5, 5.41) is 49.9. The summed E-state index contributed by atoms with van der Waals surface area (Å²) in [7, 11) is 0. The molecule has 0 radical (unpaired) electrons. The van der Waals surface area contributed by atoms with Crippen molar-refractivity contribution in [2.45, 2.75) is 99.9 Å². The second kappa shape index (κ2) is 29.0. The minimum absolute atomic E-state index is 0.0810. The fourth-order valence-corrected chi connectivity index (χ4v) is 9.12. The SMILES string of the molecule is C[C@@H](O)[C@H](NC(=O)[C@@H](N)CS)C(=O)N[C@@H](Cc1ccccc1)C(=O)N[C@@H](Cc1c[nH]c2ccccc12)C(=O)N[C@@H](CCC(N)=O)C(=O)N[C@@H](Cc1ccc(O)cc1)C(=O)N[C@@H](Cc1c[nH]c2ccccc12)C(=O)N[C@@H](CS)C(=O)O. The van der Waals surface area contributed by atoms with Crippen LogP contribution in [0.3, 0.4) is 0 Å². The summed E-state index contributed by atoms with van der Waals surface area (Å²) in [5.41, 5.74) is 14.9. The van der Waals surface area contributed by atoms with Gasteiger partial charge in [0.05, 0.1) is 12.1 Å². The first-order valence-corrected chi connectivity index (χ1v) is 26.7. The van der Waals surface area contributed by atoms with Gasteiger partial charge in [0.1, 0.15) is 48.0 Å². The first kappa shape index (κ1) is 60.8. The number of nitrogens with one attached hydrogen (secondary N) is 9. The Kier molecular flexibility index (Phi) is 22.1. The number of aromatic hydroxyl groups is 1. The molecule has 0 unspecified atom stereocenters. The maximum atomic E-state index is 14.9. The number of hydrogen-bond acceptors (Lipinski definition) is 14. The van der Waals surface area contributed by atoms with Crippen LogP contribution >= 0.6 is 25.3 Å². The Morgan fingerprint density at radius 2 is 0.925 bits per heavy atom. The van der Waals surface area contributed by atoms with Crippen molar-refractivity contribution in [3.63, 3.8) is 0 Å². The van der Waals surface area contributed by atoms with E-state index in [2.05, 4.69) is 72.4 Å². The summed E-state index contributed by atoms with van der Waals surface area (Å²) in [6.07, 6.45) is 0.135. The number of carboxylic acids is 1. The molecule has 0 aliphatic heterocycles. The predicted octanol–water partition coefficient (Wildman–Crippen LogP) is -0.0632. The van der Waals surface area contributed by atoms with Gasteiger partial charge in [0.2, 0.25) is 47.3 Å². The Balaban J connectivity index is 1.32. The molecule has 23 nitrogen and oxygen atoms in total. The van der Waals surface area contributed by atoms with Crippen molar-refractivity contribution < 1.29 is 58.5 Å². The molecule has 0 saturated heterocycles. The van der Waals surface area contributed by atoms with Gasteiger partial charge in [-0.2, -0.15) is 25.3 Å². The van der Waals surface area contributed by atoms with Crippen LogP contribution < -0.4 is 48.7 Å². The molecule has 25 heteroatoms. The highest BCUT2D eigenvalue weighted by molar-refractivity contribution is 7.80. The maximum Gasteiger partial charge on any atom is 0.327 e. The first-order valence-electron chi connectivity index (χ1n) is 25.5. The minimum atomic E-state index is -1.64. The number of carbonyl (C=O) groups excluding carboxylic acids is 8. The smallest absolute Gasteiger partial charge is 0.327 e. The van der Waals surface area contributed by atoms with E-state index in [9.17, 15) is 58.5 Å². The van der Waals surface area contributed by atoms with Gasteiger partial charge in [0.15, 0.2) is 0 Å². The molecule has 0 saturated carbocycles. The van der Waals surface area contributed by atoms with E-state index in [0.717, 1.165) is 5.52 Å². The molecule has 0 bridgehead atoms. The van der Waals surface area contributed by atoms with Crippen LogP contribution in [0.15, 0.2) is 116 Å². The number of primary amides is 1. The molecule has 6 aromatic rings. The number of thiol groups is 2. The Morgan fingerprint density at radius 1 is 0.512 bits per heavy atom. The Morgan fingerprint density at radius 3 is 1.38 bits per heavy atom. The highest BCUT2D eigenvalue weighted by atomic mass is 32.1. The molecule has 0 fully saturated rings. The summed E-state index contributed by atoms with van der Waals surface area (Å²) in [6.45, 7) is 1.25. The standard InChI is InChI=1S/C55H65N11O12S2/c1-29(67)47(66-48(70)37(56)27-79)54(76)64-42(21-30-9-3-2-4-10-30)51(73)62-43(23-32-25-58-38-13-7-5-11-35(32)38)52(74)60-40(19-20-46(57)69)49(71)61-41(22-31-15-17-34(68)18-16-31)50(72)63-44(53(75)65-45(28-80)55(77)78)24-33-26-59-39-14-8-6-12-36(33)39/h2-18,25-26,29,37,40-45,47,58-59,67-68,79-80H,19-24,27-28,56H2,1H3,(H2,57,69)(H,60,74)(H,61,71)(H,62,73)(H,63,72)(H,64,76)(H,65,75)(H,66,70)(H,77,78)/t29-,37+,40+,41+,42+,43+,44+,45+,47+/m1/s1. The number of benzene rings is 4. The Labute approximate surface area is 470 Å². The number of carboxylic acid groups (broad SMARTS) is 1. The molecule has 6 rings (SSSR count). The normalized spacial score (nSPS) is 14.6. The Bertz CT molecular complexity index is 3160. The Hall–Kier alpha value is -8.39. The van der Waals surface area contributed by atoms with Crippen LogP contribution in [-0.2, 0) is 68.8 Å². The van der Waals surface area contributed by atoms with Crippen molar-refractivity contribution in [3.05, 3.63) is 138 Å². The fraction of sp³-hybridized carbons (Fsp3) is 0.327. The van der Waals surface area contributed by atoms with Gasteiger partial charge in [-0.1, -0.05) is 78.9 Å². The molecule has 0 aliphatic carbocycles. The van der Waals surface area contributed by atoms with Crippen molar-refractivity contribution in [2.24, 2.45) is 11.5 Å². The van der Waals surface area contributed by atoms with Gasteiger partial charge < -0.3 is 74.0 Å². The number of carbonyl (C=O) groups is 9. The third-order valence-corrected chi connectivity index (χ3v) is 13.9. The predicted molar refractivity (Wildman–Crippen MR) is 303 cm³/mol. The molecular weight excluding hydrogens is 1070 g/mol. The van der Waals surface area contributed by atoms with Gasteiger partial charge in [0, 0.05) is 77.8 Å². The summed E-state index contributed by atoms with van der Waals surface area (Å²) in [4.78, 5) is 130. The average molecular weight is 1140 g/mol. The van der Waals surface area contributed by atoms with E-state index in [4.69, 9.17) is 11.5 Å². The zero-order valence-electron chi connectivity index (χ0n) is 43.4. The molecule has 424 valence electrons. The van der Waals surface area contributed by atoms with Gasteiger partial charge in [-0.05, 0) is 59.9 Å². The van der Waals surface area contributed by atoms with Crippen molar-refractivity contribution in [2.75, 3.05) is 11.5 Å². The van der Waals surface area contributed by atoms with Crippen molar-refractivity contribution in [3.8, 4) is 5.75 Å². The van der Waals surface area contributed by atoms with E-state index in [-0.39, 0.29) is 42.9 Å². The van der Waals surface area contributed by atoms with Crippen LogP contribution in [0.5, 0.6) is 5.75 Å². The topological polar surface area (TPSA) is 382 Å². The number of aromatic amines is 2. The molecule has 0 aliphatic rings. The molecule has 2 heterocycles. The van der Waals surface area contributed by atoms with E-state index in [1.165, 1.54) is 31.2 Å². The van der Waals surface area contributed by atoms with Crippen LogP contribution in [0.2, 0.25) is 0 Å². The maximum absolute atomic E-state index is 14.9. The number of rotatable bonds is 29. The van der Waals surface area contributed by atoms with Crippen molar-refractivity contribution in [1.29, 1.82) is 0 Å². The molecule has 4 aromatic carbocycles. The zero-order valence-corrected chi connectivity index (χ0v) is 45.2. The number of hydrogen-bond donors (Lipinski definition) is 16. The van der Waals surface area contributed by atoms with Gasteiger partial charge in [-0.3, -0.25) is 38.4 Å². The lowest BCUT2D eigenvalue weighted by molar-refractivity contribution is -0.141. The molecule has 0 spiro atoms. The largest absolute Gasteiger partial charge is 0.508 e. The summed E-state index contributed by atoms with van der Waals surface area (Å²) in [6, 6.07) is 16.7. The number of fused-ring (bicyclic) bond motifs is 2. The van der Waals surface area contributed by atoms with Gasteiger partial charge >= 0.3 is 5.97 Å². The highest BCUT2D eigenvalue weighted by Crippen LogP contribution is 2.22. The fourth-order valence-electron chi connectivity index (χ4n) is 8.71. The number of nitrogens with two attached hydrogens (primary N) is 2. The second-order valence-corrected chi connectivity index (χ2v) is 19.8. The number of amides is 8. The van der Waals surface area contributed by atoms with Gasteiger partial charge in [0.25, 0.3) is 0 Å². The lowest BCUT2D eigenvalue weighted by Gasteiger charge is -2.28. The number of aliphatic carboxylic acids is 1. The number of aromatic nitrogens is 2. The van der Waals surface area contributed by atoms with E-state index in [1.807, 2.05) is 0 Å². The lowest BCUT2D eigenvalue weighted by Crippen LogP contribution is -2.62. The summed E-state index contributed by atoms with van der Waals surface area (Å²) >= 11 is 8.11. The van der Waals surface area contributed by atoms with Crippen LogP contribution in [0, 0.1) is 0 Å². The first-order chi connectivity index (χ1) is 38.2. The van der Waals surface area contributed by atoms with Gasteiger partial charge in [-0.15, -0.1) is 0 Å². The molecule has 8 amide bonds. The molecule has 80 heavy (non-hydrogen) atoms. The number of phenols is 1. The van der Waals surface area contributed by atoms with Crippen LogP contribution in [0.1, 0.15) is 42.0 Å². The number of aliphatic hydroxyl groups excluding tert-OH is 1. The third kappa shape index (κ3) is 17.1. The second-order valence-electron chi connectivity index (χ2n) is 19.1. The summed E-state index contributed by atoms with van der Waals surface area (Å²) in [5.74, 6) is -9.15. The van der Waals surface area contributed by atoms with Crippen molar-refractivity contribution >= 4 is 100 Å². The highest BCUT2D eigenvalue weighted by Gasteiger charge is 2.36. The number of H-pyrrole nitrogens is 2. The molecule has 16 N–H and O–H groups in total. The average Bonchev–Trinajstić information content (AvgIpc) is 4.06. The van der Waals surface area contributed by atoms with Crippen molar-refractivity contribution in [1.82, 2.24) is 47.2 Å². The van der Waals surface area contributed by atoms with E-state index in [0.29, 0.717) is 38.5 Å². The van der Waals surface area contributed by atoms with Crippen LogP contribution in [0.25, 0.3) is 21.8 Å². The lowest BCUT2D eigenvalue weighted by atomic mass is 10.00. The number of phenolic OH excluding ortho intramolecular Hbond substituents is 1.